The fraction of sp³-hybridized carbons (Fsp3) is 0.739. The molecule has 0 amide bonds. The minimum absolute atomic E-state index is 0.322. The summed E-state index contributed by atoms with van der Waals surface area (Å²) in [5.74, 6) is 3.72. The molecule has 146 valence electrons. The first kappa shape index (κ1) is 19.4. The lowest BCUT2D eigenvalue weighted by molar-refractivity contribution is 0.0917. The molecule has 3 nitrogen and oxygen atoms in total. The number of nitrogen functional groups attached to an aromatic ring is 2. The van der Waals surface area contributed by atoms with E-state index in [0.717, 1.165) is 23.5 Å². The fourth-order valence-electron chi connectivity index (χ4n) is 5.16. The second-order valence-electron chi connectivity index (χ2n) is 8.73. The normalized spacial score (nSPS) is 29.4. The van der Waals surface area contributed by atoms with Crippen molar-refractivity contribution in [3.63, 3.8) is 0 Å². The molecule has 2 aliphatic carbocycles. The first-order valence-corrected chi connectivity index (χ1v) is 11.0. The van der Waals surface area contributed by atoms with Crippen LogP contribution in [0.25, 0.3) is 0 Å². The molecule has 2 fully saturated rings. The van der Waals surface area contributed by atoms with Gasteiger partial charge in [0.1, 0.15) is 5.75 Å². The van der Waals surface area contributed by atoms with Gasteiger partial charge in [-0.05, 0) is 74.5 Å². The third-order valence-corrected chi connectivity index (χ3v) is 6.82. The Morgan fingerprint density at radius 3 is 2.15 bits per heavy atom. The highest BCUT2D eigenvalue weighted by Crippen LogP contribution is 2.42. The molecule has 0 unspecified atom stereocenters. The highest BCUT2D eigenvalue weighted by atomic mass is 16.5. The zero-order valence-corrected chi connectivity index (χ0v) is 16.6. The summed E-state index contributed by atoms with van der Waals surface area (Å²) < 4.78 is 6.17. The van der Waals surface area contributed by atoms with Crippen molar-refractivity contribution in [2.75, 3.05) is 11.5 Å². The van der Waals surface area contributed by atoms with Gasteiger partial charge in [-0.25, -0.2) is 0 Å². The average Bonchev–Trinajstić information content (AvgIpc) is 2.65. The molecular formula is C23H38N2O. The van der Waals surface area contributed by atoms with Gasteiger partial charge in [0.2, 0.25) is 0 Å². The topological polar surface area (TPSA) is 61.3 Å². The second kappa shape index (κ2) is 9.53. The molecule has 0 saturated heterocycles. The molecule has 0 bridgehead atoms. The highest BCUT2D eigenvalue weighted by Gasteiger charge is 2.31. The van der Waals surface area contributed by atoms with E-state index in [2.05, 4.69) is 6.92 Å². The minimum atomic E-state index is 0.322. The van der Waals surface area contributed by atoms with Crippen molar-refractivity contribution in [1.29, 1.82) is 0 Å². The van der Waals surface area contributed by atoms with Crippen LogP contribution < -0.4 is 16.2 Å². The van der Waals surface area contributed by atoms with Gasteiger partial charge in [0, 0.05) is 5.69 Å². The van der Waals surface area contributed by atoms with Crippen LogP contribution in [0.3, 0.4) is 0 Å². The zero-order chi connectivity index (χ0) is 18.4. The monoisotopic (exact) mass is 358 g/mol. The van der Waals surface area contributed by atoms with Crippen LogP contribution in [0.1, 0.15) is 84.0 Å². The Hall–Kier alpha value is -1.38. The lowest BCUT2D eigenvalue weighted by atomic mass is 9.70. The molecule has 4 N–H and O–H groups in total. The minimum Gasteiger partial charge on any atom is -0.488 e. The lowest BCUT2D eigenvalue weighted by Gasteiger charge is -2.38. The first-order valence-electron chi connectivity index (χ1n) is 11.0. The molecule has 2 aliphatic rings. The van der Waals surface area contributed by atoms with Gasteiger partial charge in [0.15, 0.2) is 0 Å². The van der Waals surface area contributed by atoms with Crippen molar-refractivity contribution < 1.29 is 4.74 Å². The maximum atomic E-state index is 6.17. The molecule has 3 heteroatoms. The number of nitrogens with two attached hydrogens (primary N) is 2. The number of hydrogen-bond acceptors (Lipinski definition) is 3. The van der Waals surface area contributed by atoms with Gasteiger partial charge in [0.05, 0.1) is 11.8 Å². The maximum absolute atomic E-state index is 6.17. The van der Waals surface area contributed by atoms with E-state index in [1.165, 1.54) is 77.0 Å². The predicted molar refractivity (Wildman–Crippen MR) is 111 cm³/mol. The number of unbranched alkanes of at least 4 members (excludes halogenated alkanes) is 2. The molecule has 26 heavy (non-hydrogen) atoms. The average molecular weight is 359 g/mol. The standard InChI is InChI=1S/C23H38N2O/c1-2-3-4-5-17-6-8-18(9-7-17)19-10-13-21(14-11-19)26-23-15-12-20(24)16-22(23)25/h12,15-19,21H,2-11,13-14,24-25H2,1H3. The molecule has 0 aromatic heterocycles. The lowest BCUT2D eigenvalue weighted by Crippen LogP contribution is -2.30. The number of benzene rings is 1. The molecule has 3 rings (SSSR count). The van der Waals surface area contributed by atoms with E-state index in [1.54, 1.807) is 6.07 Å². The summed E-state index contributed by atoms with van der Waals surface area (Å²) in [6, 6.07) is 5.58. The third kappa shape index (κ3) is 5.31. The fourth-order valence-corrected chi connectivity index (χ4v) is 5.16. The Balaban J connectivity index is 1.39. The van der Waals surface area contributed by atoms with Crippen LogP contribution in [-0.4, -0.2) is 6.10 Å². The predicted octanol–water partition coefficient (Wildman–Crippen LogP) is 6.18. The maximum Gasteiger partial charge on any atom is 0.142 e. The number of ether oxygens (including phenoxy) is 1. The summed E-state index contributed by atoms with van der Waals surface area (Å²) >= 11 is 0. The Morgan fingerprint density at radius 2 is 1.54 bits per heavy atom. The van der Waals surface area contributed by atoms with E-state index >= 15 is 0 Å². The van der Waals surface area contributed by atoms with Crippen LogP contribution in [0, 0.1) is 17.8 Å². The van der Waals surface area contributed by atoms with E-state index in [9.17, 15) is 0 Å². The van der Waals surface area contributed by atoms with Crippen molar-refractivity contribution in [1.82, 2.24) is 0 Å². The Morgan fingerprint density at radius 1 is 0.885 bits per heavy atom. The van der Waals surface area contributed by atoms with E-state index in [1.807, 2.05) is 12.1 Å². The molecule has 0 radical (unpaired) electrons. The zero-order valence-electron chi connectivity index (χ0n) is 16.6. The largest absolute Gasteiger partial charge is 0.488 e. The molecule has 2 saturated carbocycles. The van der Waals surface area contributed by atoms with Crippen LogP contribution >= 0.6 is 0 Å². The van der Waals surface area contributed by atoms with Crippen molar-refractivity contribution in [2.24, 2.45) is 17.8 Å². The Labute approximate surface area is 159 Å². The first-order chi connectivity index (χ1) is 12.7. The Kier molecular flexibility index (Phi) is 7.10. The number of hydrogen-bond donors (Lipinski definition) is 2. The molecule has 1 aromatic rings. The van der Waals surface area contributed by atoms with Crippen molar-refractivity contribution in [3.8, 4) is 5.75 Å². The van der Waals surface area contributed by atoms with Gasteiger partial charge in [0.25, 0.3) is 0 Å². The van der Waals surface area contributed by atoms with E-state index in [-0.39, 0.29) is 0 Å². The van der Waals surface area contributed by atoms with E-state index in [4.69, 9.17) is 16.2 Å². The van der Waals surface area contributed by atoms with E-state index < -0.39 is 0 Å². The van der Waals surface area contributed by atoms with Crippen molar-refractivity contribution in [2.45, 2.75) is 90.1 Å². The molecule has 0 spiro atoms. The summed E-state index contributed by atoms with van der Waals surface area (Å²) in [7, 11) is 0. The van der Waals surface area contributed by atoms with E-state index in [0.29, 0.717) is 17.5 Å². The van der Waals surface area contributed by atoms with Gasteiger partial charge < -0.3 is 16.2 Å². The summed E-state index contributed by atoms with van der Waals surface area (Å²) in [4.78, 5) is 0. The smallest absolute Gasteiger partial charge is 0.142 e. The molecule has 0 atom stereocenters. The third-order valence-electron chi connectivity index (χ3n) is 6.82. The molecule has 0 heterocycles. The number of anilines is 2. The SMILES string of the molecule is CCCCCC1CCC(C2CCC(Oc3ccc(N)cc3N)CC2)CC1. The quantitative estimate of drug-likeness (QED) is 0.452. The number of rotatable bonds is 7. The summed E-state index contributed by atoms with van der Waals surface area (Å²) in [6.07, 6.45) is 16.9. The van der Waals surface area contributed by atoms with Gasteiger partial charge >= 0.3 is 0 Å². The molecular weight excluding hydrogens is 320 g/mol. The van der Waals surface area contributed by atoms with Gasteiger partial charge in [-0.3, -0.25) is 0 Å². The van der Waals surface area contributed by atoms with Crippen LogP contribution in [0.4, 0.5) is 11.4 Å². The summed E-state index contributed by atoms with van der Waals surface area (Å²) in [5, 5.41) is 0. The molecule has 1 aromatic carbocycles. The Bertz CT molecular complexity index is 543. The van der Waals surface area contributed by atoms with Crippen molar-refractivity contribution in [3.05, 3.63) is 18.2 Å². The second-order valence-corrected chi connectivity index (χ2v) is 8.73. The van der Waals surface area contributed by atoms with Gasteiger partial charge in [-0.15, -0.1) is 0 Å². The summed E-state index contributed by atoms with van der Waals surface area (Å²) in [6.45, 7) is 2.30. The van der Waals surface area contributed by atoms with Crippen LogP contribution in [-0.2, 0) is 0 Å². The van der Waals surface area contributed by atoms with Crippen LogP contribution in [0.2, 0.25) is 0 Å². The van der Waals surface area contributed by atoms with Crippen LogP contribution in [0.15, 0.2) is 18.2 Å². The summed E-state index contributed by atoms with van der Waals surface area (Å²) in [5.41, 5.74) is 13.2. The highest BCUT2D eigenvalue weighted by molar-refractivity contribution is 5.60. The van der Waals surface area contributed by atoms with Crippen LogP contribution in [0.5, 0.6) is 5.75 Å². The van der Waals surface area contributed by atoms with Gasteiger partial charge in [-0.1, -0.05) is 45.4 Å². The van der Waals surface area contributed by atoms with Crippen molar-refractivity contribution >= 4 is 11.4 Å². The van der Waals surface area contributed by atoms with Gasteiger partial charge in [-0.2, -0.15) is 0 Å². The molecule has 0 aliphatic heterocycles.